The third kappa shape index (κ3) is 4.60. The minimum absolute atomic E-state index is 0.622. The van der Waals surface area contributed by atoms with Crippen molar-refractivity contribution in [1.29, 1.82) is 0 Å². The molecule has 0 spiro atoms. The molecule has 1 aromatic carbocycles. The number of hydrogen-bond donors (Lipinski definition) is 1. The molecule has 0 saturated heterocycles. The number of methoxy groups -OCH3 is 1. The summed E-state index contributed by atoms with van der Waals surface area (Å²) in [5.41, 5.74) is 2.46. The van der Waals surface area contributed by atoms with Gasteiger partial charge in [0.05, 0.1) is 17.3 Å². The normalized spacial score (nSPS) is 16.1. The largest absolute Gasteiger partial charge is 0.383 e. The summed E-state index contributed by atoms with van der Waals surface area (Å²) in [7, 11) is 3.92. The number of hydrogen-bond acceptors (Lipinski definition) is 3. The molecule has 21 heavy (non-hydrogen) atoms. The molecule has 0 radical (unpaired) electrons. The summed E-state index contributed by atoms with van der Waals surface area (Å²) in [6.07, 6.45) is 6.59. The third-order valence-corrected chi connectivity index (χ3v) is 4.65. The Morgan fingerprint density at radius 3 is 2.76 bits per heavy atom. The SMILES string of the molecule is COCCNCc1cccc(Cl)c1N(C)C1CCCCC1. The molecule has 1 aromatic rings. The highest BCUT2D eigenvalue weighted by molar-refractivity contribution is 6.33. The van der Waals surface area contributed by atoms with Crippen LogP contribution in [-0.4, -0.2) is 33.4 Å². The van der Waals surface area contributed by atoms with Crippen LogP contribution in [0, 0.1) is 0 Å². The number of rotatable bonds is 7. The van der Waals surface area contributed by atoms with Crippen molar-refractivity contribution in [2.45, 2.75) is 44.7 Å². The lowest BCUT2D eigenvalue weighted by molar-refractivity contribution is 0.199. The molecule has 0 amide bonds. The van der Waals surface area contributed by atoms with E-state index in [1.807, 2.05) is 12.1 Å². The highest BCUT2D eigenvalue weighted by Crippen LogP contribution is 2.34. The van der Waals surface area contributed by atoms with Crippen LogP contribution in [0.15, 0.2) is 18.2 Å². The molecule has 1 fully saturated rings. The number of para-hydroxylation sites is 1. The monoisotopic (exact) mass is 310 g/mol. The van der Waals surface area contributed by atoms with Crippen molar-refractivity contribution in [3.63, 3.8) is 0 Å². The van der Waals surface area contributed by atoms with Crippen LogP contribution in [0.2, 0.25) is 5.02 Å². The van der Waals surface area contributed by atoms with Crippen molar-refractivity contribution in [2.75, 3.05) is 32.2 Å². The number of anilines is 1. The fourth-order valence-corrected chi connectivity index (χ4v) is 3.47. The molecule has 3 nitrogen and oxygen atoms in total. The zero-order chi connectivity index (χ0) is 15.1. The van der Waals surface area contributed by atoms with Crippen molar-refractivity contribution in [1.82, 2.24) is 5.32 Å². The van der Waals surface area contributed by atoms with Crippen molar-refractivity contribution in [2.24, 2.45) is 0 Å². The fraction of sp³-hybridized carbons (Fsp3) is 0.647. The quantitative estimate of drug-likeness (QED) is 0.774. The van der Waals surface area contributed by atoms with Gasteiger partial charge in [0, 0.05) is 33.3 Å². The van der Waals surface area contributed by atoms with E-state index in [2.05, 4.69) is 23.3 Å². The van der Waals surface area contributed by atoms with Crippen LogP contribution in [0.4, 0.5) is 5.69 Å². The number of ether oxygens (including phenoxy) is 1. The van der Waals surface area contributed by atoms with E-state index in [0.717, 1.165) is 24.7 Å². The Morgan fingerprint density at radius 2 is 2.05 bits per heavy atom. The van der Waals surface area contributed by atoms with Crippen molar-refractivity contribution >= 4 is 17.3 Å². The van der Waals surface area contributed by atoms with Crippen LogP contribution >= 0.6 is 11.6 Å². The summed E-state index contributed by atoms with van der Waals surface area (Å²) in [5, 5.41) is 4.27. The van der Waals surface area contributed by atoms with E-state index in [4.69, 9.17) is 16.3 Å². The molecular weight excluding hydrogens is 284 g/mol. The molecule has 1 aliphatic carbocycles. The molecule has 118 valence electrons. The van der Waals surface area contributed by atoms with Gasteiger partial charge in [0.1, 0.15) is 0 Å². The van der Waals surface area contributed by atoms with Crippen molar-refractivity contribution in [3.05, 3.63) is 28.8 Å². The van der Waals surface area contributed by atoms with Crippen LogP contribution in [0.25, 0.3) is 0 Å². The van der Waals surface area contributed by atoms with Gasteiger partial charge in [-0.1, -0.05) is 43.0 Å². The van der Waals surface area contributed by atoms with E-state index in [1.54, 1.807) is 7.11 Å². The molecule has 0 atom stereocenters. The lowest BCUT2D eigenvalue weighted by Gasteiger charge is -2.35. The number of nitrogens with zero attached hydrogens (tertiary/aromatic N) is 1. The first-order chi connectivity index (χ1) is 10.2. The van der Waals surface area contributed by atoms with Crippen LogP contribution in [0.3, 0.4) is 0 Å². The minimum atomic E-state index is 0.622. The van der Waals surface area contributed by atoms with Crippen LogP contribution in [-0.2, 0) is 11.3 Å². The average molecular weight is 311 g/mol. The highest BCUT2D eigenvalue weighted by Gasteiger charge is 2.21. The van der Waals surface area contributed by atoms with E-state index in [-0.39, 0.29) is 0 Å². The van der Waals surface area contributed by atoms with E-state index in [0.29, 0.717) is 6.04 Å². The molecule has 1 aliphatic rings. The molecule has 0 aliphatic heterocycles. The highest BCUT2D eigenvalue weighted by atomic mass is 35.5. The summed E-state index contributed by atoms with van der Waals surface area (Å²) in [6, 6.07) is 6.82. The van der Waals surface area contributed by atoms with Gasteiger partial charge in [-0.3, -0.25) is 0 Å². The maximum absolute atomic E-state index is 6.49. The number of nitrogens with one attached hydrogen (secondary N) is 1. The van der Waals surface area contributed by atoms with E-state index in [9.17, 15) is 0 Å². The summed E-state index contributed by atoms with van der Waals surface area (Å²) in [6.45, 7) is 2.42. The van der Waals surface area contributed by atoms with Crippen molar-refractivity contribution < 1.29 is 4.74 Å². The van der Waals surface area contributed by atoms with Gasteiger partial charge in [-0.05, 0) is 24.5 Å². The fourth-order valence-electron chi connectivity index (χ4n) is 3.15. The van der Waals surface area contributed by atoms with Crippen LogP contribution in [0.5, 0.6) is 0 Å². The Bertz CT molecular complexity index is 433. The Hall–Kier alpha value is -0.770. The second-order valence-electron chi connectivity index (χ2n) is 5.82. The predicted octanol–water partition coefficient (Wildman–Crippen LogP) is 3.84. The van der Waals surface area contributed by atoms with Gasteiger partial charge in [-0.15, -0.1) is 0 Å². The second kappa shape index (κ2) is 8.62. The van der Waals surface area contributed by atoms with Crippen LogP contribution in [0.1, 0.15) is 37.7 Å². The van der Waals surface area contributed by atoms with Gasteiger partial charge >= 0.3 is 0 Å². The topological polar surface area (TPSA) is 24.5 Å². The third-order valence-electron chi connectivity index (χ3n) is 4.34. The number of benzene rings is 1. The molecule has 2 rings (SSSR count). The first-order valence-electron chi connectivity index (χ1n) is 7.94. The number of halogens is 1. The Labute approximate surface area is 133 Å². The molecule has 0 aromatic heterocycles. The Balaban J connectivity index is 2.08. The maximum atomic E-state index is 6.49. The van der Waals surface area contributed by atoms with Gasteiger partial charge in [0.25, 0.3) is 0 Å². The maximum Gasteiger partial charge on any atom is 0.0642 e. The molecular formula is C17H27ClN2O. The zero-order valence-corrected chi connectivity index (χ0v) is 14.0. The molecule has 0 heterocycles. The first-order valence-corrected chi connectivity index (χ1v) is 8.31. The zero-order valence-electron chi connectivity index (χ0n) is 13.2. The summed E-state index contributed by atoms with van der Waals surface area (Å²) < 4.78 is 5.08. The molecule has 4 heteroatoms. The predicted molar refractivity (Wildman–Crippen MR) is 90.3 cm³/mol. The summed E-state index contributed by atoms with van der Waals surface area (Å²) >= 11 is 6.49. The van der Waals surface area contributed by atoms with Gasteiger partial charge in [0.15, 0.2) is 0 Å². The standard InChI is InChI=1S/C17H27ClN2O/c1-20(15-8-4-3-5-9-15)17-14(7-6-10-16(17)18)13-19-11-12-21-2/h6-7,10,15,19H,3-5,8-9,11-13H2,1-2H3. The summed E-state index contributed by atoms with van der Waals surface area (Å²) in [4.78, 5) is 2.40. The second-order valence-corrected chi connectivity index (χ2v) is 6.23. The molecule has 1 N–H and O–H groups in total. The Morgan fingerprint density at radius 1 is 1.29 bits per heavy atom. The molecule has 0 bridgehead atoms. The summed E-state index contributed by atoms with van der Waals surface area (Å²) in [5.74, 6) is 0. The molecule has 1 saturated carbocycles. The Kier molecular flexibility index (Phi) is 6.81. The minimum Gasteiger partial charge on any atom is -0.383 e. The molecule has 0 unspecified atom stereocenters. The lowest BCUT2D eigenvalue weighted by Crippen LogP contribution is -2.34. The first kappa shape index (κ1) is 16.6. The van der Waals surface area contributed by atoms with Gasteiger partial charge in [-0.2, -0.15) is 0 Å². The average Bonchev–Trinajstić information content (AvgIpc) is 2.52. The lowest BCUT2D eigenvalue weighted by atomic mass is 9.93. The van der Waals surface area contributed by atoms with E-state index >= 15 is 0 Å². The van der Waals surface area contributed by atoms with E-state index < -0.39 is 0 Å². The van der Waals surface area contributed by atoms with Crippen LogP contribution < -0.4 is 10.2 Å². The smallest absolute Gasteiger partial charge is 0.0642 e. The van der Waals surface area contributed by atoms with Gasteiger partial charge in [-0.25, -0.2) is 0 Å². The van der Waals surface area contributed by atoms with Crippen molar-refractivity contribution in [3.8, 4) is 0 Å². The van der Waals surface area contributed by atoms with E-state index in [1.165, 1.54) is 43.4 Å². The van der Waals surface area contributed by atoms with Gasteiger partial charge < -0.3 is 15.0 Å². The van der Waals surface area contributed by atoms with Gasteiger partial charge in [0.2, 0.25) is 0 Å².